The summed E-state index contributed by atoms with van der Waals surface area (Å²) in [4.78, 5) is 0. The van der Waals surface area contributed by atoms with Crippen LogP contribution >= 0.6 is 0 Å². The van der Waals surface area contributed by atoms with Gasteiger partial charge < -0.3 is 0 Å². The van der Waals surface area contributed by atoms with Crippen molar-refractivity contribution in [1.29, 1.82) is 5.26 Å². The second kappa shape index (κ2) is 3.31. The lowest BCUT2D eigenvalue weighted by Crippen LogP contribution is -2.19. The Hall–Kier alpha value is -0.770. The van der Waals surface area contributed by atoms with Gasteiger partial charge in [-0.2, -0.15) is 5.26 Å². The quantitative estimate of drug-likeness (QED) is 0.543. The standard InChI is InChI=1S/C11H17N/c1-9-5-4-7-11(2,3)10(9)6-8-12/h4-7H2,1-3H3. The monoisotopic (exact) mass is 163 g/mol. The predicted octanol–water partition coefficient (Wildman–Crippen LogP) is 3.43. The third kappa shape index (κ3) is 1.69. The summed E-state index contributed by atoms with van der Waals surface area (Å²) in [6, 6.07) is 2.27. The molecule has 0 amide bonds. The minimum Gasteiger partial charge on any atom is -0.198 e. The molecule has 0 aromatic carbocycles. The van der Waals surface area contributed by atoms with Gasteiger partial charge in [-0.25, -0.2) is 0 Å². The maximum absolute atomic E-state index is 8.68. The molecule has 0 N–H and O–H groups in total. The first kappa shape index (κ1) is 9.32. The Labute approximate surface area is 75.1 Å². The third-order valence-electron chi connectivity index (χ3n) is 2.94. The zero-order valence-corrected chi connectivity index (χ0v) is 8.28. The number of nitrogens with zero attached hydrogens (tertiary/aromatic N) is 1. The van der Waals surface area contributed by atoms with Crippen LogP contribution < -0.4 is 0 Å². The molecule has 12 heavy (non-hydrogen) atoms. The molecule has 0 fully saturated rings. The molecule has 0 aromatic rings. The lowest BCUT2D eigenvalue weighted by Gasteiger charge is -2.33. The van der Waals surface area contributed by atoms with E-state index >= 15 is 0 Å². The van der Waals surface area contributed by atoms with E-state index in [1.165, 1.54) is 30.4 Å². The lowest BCUT2D eigenvalue weighted by molar-refractivity contribution is 0.361. The normalized spacial score (nSPS) is 22.2. The van der Waals surface area contributed by atoms with E-state index < -0.39 is 0 Å². The Morgan fingerprint density at radius 1 is 1.50 bits per heavy atom. The molecule has 0 saturated heterocycles. The van der Waals surface area contributed by atoms with Crippen LogP contribution in [0.4, 0.5) is 0 Å². The highest BCUT2D eigenvalue weighted by atomic mass is 14.3. The maximum atomic E-state index is 8.68. The van der Waals surface area contributed by atoms with E-state index in [4.69, 9.17) is 5.26 Å². The molecule has 0 atom stereocenters. The SMILES string of the molecule is CC1=C(CC#N)C(C)(C)CCC1. The molecule has 1 aliphatic carbocycles. The Morgan fingerprint density at radius 3 is 2.67 bits per heavy atom. The molecular formula is C11H17N. The molecule has 1 heteroatoms. The number of allylic oxidation sites excluding steroid dienone is 2. The van der Waals surface area contributed by atoms with Crippen LogP contribution in [0.5, 0.6) is 0 Å². The van der Waals surface area contributed by atoms with Crippen LogP contribution in [0.2, 0.25) is 0 Å². The highest BCUT2D eigenvalue weighted by Gasteiger charge is 2.27. The van der Waals surface area contributed by atoms with Crippen molar-refractivity contribution in [3.05, 3.63) is 11.1 Å². The van der Waals surface area contributed by atoms with E-state index in [1.54, 1.807) is 0 Å². The predicted molar refractivity (Wildman–Crippen MR) is 50.6 cm³/mol. The van der Waals surface area contributed by atoms with E-state index in [9.17, 15) is 0 Å². The molecule has 0 aliphatic heterocycles. The fourth-order valence-electron chi connectivity index (χ4n) is 2.14. The molecule has 0 radical (unpaired) electrons. The van der Waals surface area contributed by atoms with Crippen LogP contribution in [0.25, 0.3) is 0 Å². The number of hydrogen-bond acceptors (Lipinski definition) is 1. The molecule has 0 saturated carbocycles. The summed E-state index contributed by atoms with van der Waals surface area (Å²) >= 11 is 0. The van der Waals surface area contributed by atoms with Gasteiger partial charge >= 0.3 is 0 Å². The largest absolute Gasteiger partial charge is 0.198 e. The Balaban J connectivity index is 2.93. The van der Waals surface area contributed by atoms with E-state index in [2.05, 4.69) is 26.8 Å². The zero-order chi connectivity index (χ0) is 9.19. The summed E-state index contributed by atoms with van der Waals surface area (Å²) < 4.78 is 0. The van der Waals surface area contributed by atoms with Gasteiger partial charge in [0, 0.05) is 0 Å². The van der Waals surface area contributed by atoms with Gasteiger partial charge in [0.1, 0.15) is 0 Å². The van der Waals surface area contributed by atoms with Crippen LogP contribution in [-0.4, -0.2) is 0 Å². The van der Waals surface area contributed by atoms with Crippen molar-refractivity contribution in [2.24, 2.45) is 5.41 Å². The highest BCUT2D eigenvalue weighted by molar-refractivity contribution is 5.25. The molecule has 1 nitrogen and oxygen atoms in total. The van der Waals surface area contributed by atoms with Crippen molar-refractivity contribution in [2.75, 3.05) is 0 Å². The molecule has 1 rings (SSSR count). The van der Waals surface area contributed by atoms with Gasteiger partial charge in [-0.1, -0.05) is 25.0 Å². The van der Waals surface area contributed by atoms with Crippen molar-refractivity contribution in [1.82, 2.24) is 0 Å². The number of rotatable bonds is 1. The summed E-state index contributed by atoms with van der Waals surface area (Å²) in [6.45, 7) is 6.68. The van der Waals surface area contributed by atoms with Gasteiger partial charge in [0.05, 0.1) is 12.5 Å². The fourth-order valence-corrected chi connectivity index (χ4v) is 2.14. The summed E-state index contributed by atoms with van der Waals surface area (Å²) in [7, 11) is 0. The lowest BCUT2D eigenvalue weighted by atomic mass is 9.72. The Morgan fingerprint density at radius 2 is 2.17 bits per heavy atom. The van der Waals surface area contributed by atoms with Crippen LogP contribution in [0.3, 0.4) is 0 Å². The van der Waals surface area contributed by atoms with Crippen LogP contribution in [0.1, 0.15) is 46.5 Å². The zero-order valence-electron chi connectivity index (χ0n) is 8.28. The van der Waals surface area contributed by atoms with Crippen LogP contribution in [0, 0.1) is 16.7 Å². The second-order valence-corrected chi connectivity index (χ2v) is 4.33. The van der Waals surface area contributed by atoms with Crippen molar-refractivity contribution < 1.29 is 0 Å². The molecule has 0 bridgehead atoms. The van der Waals surface area contributed by atoms with E-state index in [1.807, 2.05) is 0 Å². The van der Waals surface area contributed by atoms with Crippen molar-refractivity contribution >= 4 is 0 Å². The average molecular weight is 163 g/mol. The molecule has 1 aliphatic rings. The van der Waals surface area contributed by atoms with E-state index in [0.29, 0.717) is 6.42 Å². The summed E-state index contributed by atoms with van der Waals surface area (Å²) in [5, 5.41) is 8.68. The maximum Gasteiger partial charge on any atom is 0.0666 e. The first-order valence-corrected chi connectivity index (χ1v) is 4.64. The molecule has 66 valence electrons. The van der Waals surface area contributed by atoms with Gasteiger partial charge in [0.2, 0.25) is 0 Å². The smallest absolute Gasteiger partial charge is 0.0666 e. The van der Waals surface area contributed by atoms with Crippen LogP contribution in [-0.2, 0) is 0 Å². The van der Waals surface area contributed by atoms with Gasteiger partial charge in [0.15, 0.2) is 0 Å². The molecule has 0 spiro atoms. The molecule has 0 unspecified atom stereocenters. The minimum absolute atomic E-state index is 0.276. The van der Waals surface area contributed by atoms with Crippen molar-refractivity contribution in [3.63, 3.8) is 0 Å². The Bertz CT molecular complexity index is 240. The minimum atomic E-state index is 0.276. The molecular weight excluding hydrogens is 146 g/mol. The van der Waals surface area contributed by atoms with Gasteiger partial charge in [-0.05, 0) is 31.6 Å². The first-order chi connectivity index (χ1) is 5.58. The van der Waals surface area contributed by atoms with E-state index in [0.717, 1.165) is 0 Å². The summed E-state index contributed by atoms with van der Waals surface area (Å²) in [6.07, 6.45) is 4.34. The summed E-state index contributed by atoms with van der Waals surface area (Å²) in [5.74, 6) is 0. The fraction of sp³-hybridized carbons (Fsp3) is 0.727. The average Bonchev–Trinajstić information content (AvgIpc) is 1.97. The highest BCUT2D eigenvalue weighted by Crippen LogP contribution is 2.41. The first-order valence-electron chi connectivity index (χ1n) is 4.64. The Kier molecular flexibility index (Phi) is 2.57. The number of hydrogen-bond donors (Lipinski definition) is 0. The van der Waals surface area contributed by atoms with Gasteiger partial charge in [-0.15, -0.1) is 0 Å². The summed E-state index contributed by atoms with van der Waals surface area (Å²) in [5.41, 5.74) is 3.11. The van der Waals surface area contributed by atoms with E-state index in [-0.39, 0.29) is 5.41 Å². The topological polar surface area (TPSA) is 23.8 Å². The number of nitriles is 1. The van der Waals surface area contributed by atoms with Gasteiger partial charge in [-0.3, -0.25) is 0 Å². The van der Waals surface area contributed by atoms with Crippen molar-refractivity contribution in [3.8, 4) is 6.07 Å². The van der Waals surface area contributed by atoms with Gasteiger partial charge in [0.25, 0.3) is 0 Å². The second-order valence-electron chi connectivity index (χ2n) is 4.33. The van der Waals surface area contributed by atoms with Crippen LogP contribution in [0.15, 0.2) is 11.1 Å². The van der Waals surface area contributed by atoms with Crippen molar-refractivity contribution in [2.45, 2.75) is 46.5 Å². The molecule has 0 aromatic heterocycles. The third-order valence-corrected chi connectivity index (χ3v) is 2.94. The molecule has 0 heterocycles.